The second kappa shape index (κ2) is 12.3. The summed E-state index contributed by atoms with van der Waals surface area (Å²) in [5, 5.41) is 21.5. The number of thioether (sulfide) groups is 1. The van der Waals surface area contributed by atoms with Crippen molar-refractivity contribution in [2.75, 3.05) is 23.4 Å². The summed E-state index contributed by atoms with van der Waals surface area (Å²) in [5.41, 5.74) is 3.77. The highest BCUT2D eigenvalue weighted by Crippen LogP contribution is 2.42. The lowest BCUT2D eigenvalue weighted by atomic mass is 9.91. The van der Waals surface area contributed by atoms with Crippen LogP contribution in [-0.4, -0.2) is 45.3 Å². The van der Waals surface area contributed by atoms with Gasteiger partial charge in [0.2, 0.25) is 0 Å². The van der Waals surface area contributed by atoms with Crippen LogP contribution < -0.4 is 5.32 Å². The number of anilines is 1. The third kappa shape index (κ3) is 6.48. The first-order valence-corrected chi connectivity index (χ1v) is 12.7. The van der Waals surface area contributed by atoms with Crippen molar-refractivity contribution >= 4 is 23.4 Å². The van der Waals surface area contributed by atoms with Gasteiger partial charge in [-0.3, -0.25) is 9.78 Å². The smallest absolute Gasteiger partial charge is 0.257 e. The normalized spacial score (nSPS) is 22.0. The van der Waals surface area contributed by atoms with E-state index in [4.69, 9.17) is 9.47 Å². The maximum Gasteiger partial charge on any atom is 0.257 e. The molecule has 1 aliphatic heterocycles. The van der Waals surface area contributed by atoms with Crippen molar-refractivity contribution in [1.29, 1.82) is 0 Å². The number of carbonyl (C=O) groups is 1. The molecule has 0 spiro atoms. The van der Waals surface area contributed by atoms with Crippen molar-refractivity contribution in [3.05, 3.63) is 95.3 Å². The van der Waals surface area contributed by atoms with E-state index in [1.165, 1.54) is 6.20 Å². The molecule has 0 unspecified atom stereocenters. The van der Waals surface area contributed by atoms with Crippen molar-refractivity contribution < 1.29 is 24.5 Å². The lowest BCUT2D eigenvalue weighted by Gasteiger charge is -2.41. The van der Waals surface area contributed by atoms with E-state index in [0.29, 0.717) is 17.0 Å². The van der Waals surface area contributed by atoms with Crippen LogP contribution in [0.3, 0.4) is 0 Å². The first kappa shape index (κ1) is 25.3. The van der Waals surface area contributed by atoms with E-state index in [1.54, 1.807) is 30.1 Å². The molecule has 4 rings (SSSR count). The predicted octanol–water partition coefficient (Wildman–Crippen LogP) is 4.34. The number of benzene rings is 2. The average molecular weight is 495 g/mol. The van der Waals surface area contributed by atoms with Crippen molar-refractivity contribution in [3.63, 3.8) is 0 Å². The van der Waals surface area contributed by atoms with E-state index in [9.17, 15) is 15.0 Å². The summed E-state index contributed by atoms with van der Waals surface area (Å²) in [6.07, 6.45) is 2.22. The van der Waals surface area contributed by atoms with E-state index in [1.807, 2.05) is 48.5 Å². The highest BCUT2D eigenvalue weighted by atomic mass is 32.2. The minimum absolute atomic E-state index is 0.00885. The van der Waals surface area contributed by atoms with Crippen LogP contribution in [0.15, 0.2) is 73.1 Å². The molecule has 35 heavy (non-hydrogen) atoms. The van der Waals surface area contributed by atoms with Gasteiger partial charge < -0.3 is 25.0 Å². The van der Waals surface area contributed by atoms with Gasteiger partial charge >= 0.3 is 0 Å². The van der Waals surface area contributed by atoms with Gasteiger partial charge in [0.25, 0.3) is 5.91 Å². The van der Waals surface area contributed by atoms with Gasteiger partial charge in [-0.25, -0.2) is 0 Å². The zero-order valence-electron chi connectivity index (χ0n) is 19.5. The number of ether oxygens (including phenoxy) is 2. The first-order valence-electron chi connectivity index (χ1n) is 11.6. The average Bonchev–Trinajstić information content (AvgIpc) is 2.90. The second-order valence-corrected chi connectivity index (χ2v) is 9.59. The molecule has 0 bridgehead atoms. The molecule has 3 aromatic rings. The van der Waals surface area contributed by atoms with Crippen molar-refractivity contribution in [1.82, 2.24) is 4.98 Å². The Morgan fingerprint density at radius 1 is 1.06 bits per heavy atom. The summed E-state index contributed by atoms with van der Waals surface area (Å²) < 4.78 is 12.8. The Morgan fingerprint density at radius 3 is 2.60 bits per heavy atom. The predicted molar refractivity (Wildman–Crippen MR) is 136 cm³/mol. The molecule has 1 fully saturated rings. The number of nitrogens with one attached hydrogen (secondary N) is 1. The first-order chi connectivity index (χ1) is 17.1. The molecular formula is C27H30N2O5S. The fourth-order valence-corrected chi connectivity index (χ4v) is 4.95. The van der Waals surface area contributed by atoms with Gasteiger partial charge in [0.1, 0.15) is 0 Å². The highest BCUT2D eigenvalue weighted by molar-refractivity contribution is 7.99. The fourth-order valence-electron chi connectivity index (χ4n) is 4.04. The van der Waals surface area contributed by atoms with Crippen LogP contribution in [0.25, 0.3) is 0 Å². The topological polar surface area (TPSA) is 101 Å². The van der Waals surface area contributed by atoms with Gasteiger partial charge in [0, 0.05) is 41.1 Å². The summed E-state index contributed by atoms with van der Waals surface area (Å²) in [4.78, 5) is 16.6. The lowest BCUT2D eigenvalue weighted by molar-refractivity contribution is -0.268. The van der Waals surface area contributed by atoms with Crippen LogP contribution in [0.4, 0.5) is 5.69 Å². The molecule has 4 atom stereocenters. The summed E-state index contributed by atoms with van der Waals surface area (Å²) in [5.74, 6) is 1.20. The van der Waals surface area contributed by atoms with Gasteiger partial charge in [-0.1, -0.05) is 43.3 Å². The third-order valence-corrected chi connectivity index (χ3v) is 7.02. The Labute approximate surface area is 209 Å². The highest BCUT2D eigenvalue weighted by Gasteiger charge is 2.38. The summed E-state index contributed by atoms with van der Waals surface area (Å²) >= 11 is 1.65. The summed E-state index contributed by atoms with van der Waals surface area (Å²) in [6.45, 7) is 2.22. The SMILES string of the molecule is C[C@@H]1[C@H](CSCCO)O[C@H](c2cccc(NC(=O)c3cccnc3)c2)O[C@@H]1c1ccc(CO)cc1. The number of aromatic nitrogens is 1. The molecule has 2 aromatic carbocycles. The van der Waals surface area contributed by atoms with Crippen molar-refractivity contribution in [2.24, 2.45) is 5.92 Å². The van der Waals surface area contributed by atoms with Crippen LogP contribution >= 0.6 is 11.8 Å². The second-order valence-electron chi connectivity index (χ2n) is 8.44. The zero-order valence-corrected chi connectivity index (χ0v) is 20.4. The van der Waals surface area contributed by atoms with Crippen LogP contribution in [0.1, 0.15) is 46.4 Å². The molecule has 1 saturated heterocycles. The fraction of sp³-hybridized carbons (Fsp3) is 0.333. The Balaban J connectivity index is 1.56. The van der Waals surface area contributed by atoms with E-state index < -0.39 is 6.29 Å². The van der Waals surface area contributed by atoms with E-state index in [0.717, 1.165) is 22.4 Å². The van der Waals surface area contributed by atoms with Crippen LogP contribution in [-0.2, 0) is 16.1 Å². The number of aliphatic hydroxyl groups is 2. The molecule has 1 amide bonds. The lowest BCUT2D eigenvalue weighted by Crippen LogP contribution is -2.38. The molecule has 0 saturated carbocycles. The largest absolute Gasteiger partial charge is 0.396 e. The molecular weight excluding hydrogens is 464 g/mol. The quantitative estimate of drug-likeness (QED) is 0.380. The number of hydrogen-bond acceptors (Lipinski definition) is 7. The van der Waals surface area contributed by atoms with Crippen LogP contribution in [0.5, 0.6) is 0 Å². The van der Waals surface area contributed by atoms with Gasteiger partial charge in [-0.05, 0) is 35.4 Å². The van der Waals surface area contributed by atoms with Crippen molar-refractivity contribution in [2.45, 2.75) is 32.0 Å². The monoisotopic (exact) mass is 494 g/mol. The molecule has 8 heteroatoms. The number of carbonyl (C=O) groups excluding carboxylic acids is 1. The molecule has 0 aliphatic carbocycles. The molecule has 7 nitrogen and oxygen atoms in total. The number of nitrogens with zero attached hydrogens (tertiary/aromatic N) is 1. The Kier molecular flexibility index (Phi) is 8.90. The number of hydrogen-bond donors (Lipinski definition) is 3. The van der Waals surface area contributed by atoms with Gasteiger partial charge in [0.05, 0.1) is 31.0 Å². The number of pyridine rings is 1. The maximum absolute atomic E-state index is 12.6. The third-order valence-electron chi connectivity index (χ3n) is 5.98. The van der Waals surface area contributed by atoms with Gasteiger partial charge in [-0.2, -0.15) is 11.8 Å². The molecule has 2 heterocycles. The molecule has 1 aliphatic rings. The summed E-state index contributed by atoms with van der Waals surface area (Å²) in [6, 6.07) is 18.7. The summed E-state index contributed by atoms with van der Waals surface area (Å²) in [7, 11) is 0. The van der Waals surface area contributed by atoms with Gasteiger partial charge in [0.15, 0.2) is 6.29 Å². The van der Waals surface area contributed by atoms with Crippen molar-refractivity contribution in [3.8, 4) is 0 Å². The Morgan fingerprint density at radius 2 is 1.89 bits per heavy atom. The zero-order chi connectivity index (χ0) is 24.6. The van der Waals surface area contributed by atoms with Crippen LogP contribution in [0.2, 0.25) is 0 Å². The van der Waals surface area contributed by atoms with Gasteiger partial charge in [-0.15, -0.1) is 0 Å². The minimum atomic E-state index is -0.622. The number of rotatable bonds is 9. The van der Waals surface area contributed by atoms with E-state index in [2.05, 4.69) is 17.2 Å². The Bertz CT molecular complexity index is 1100. The maximum atomic E-state index is 12.6. The number of aliphatic hydroxyl groups excluding tert-OH is 2. The Hall–Kier alpha value is -2.75. The van der Waals surface area contributed by atoms with Crippen LogP contribution in [0, 0.1) is 5.92 Å². The molecule has 3 N–H and O–H groups in total. The molecule has 1 aromatic heterocycles. The van der Waals surface area contributed by atoms with E-state index >= 15 is 0 Å². The molecule has 0 radical (unpaired) electrons. The van der Waals surface area contributed by atoms with E-state index in [-0.39, 0.29) is 37.2 Å². The molecule has 184 valence electrons. The number of amides is 1. The standard InChI is InChI=1S/C27H30N2O5S/c1-18-24(17-35-13-12-30)33-27(34-25(18)20-9-7-19(16-31)8-10-20)21-4-2-6-23(14-21)29-26(32)22-5-3-11-28-15-22/h2-11,14-15,18,24-25,27,30-31H,12-13,16-17H2,1H3,(H,29,32)/t18-,24+,25+,27+/m1/s1. The minimum Gasteiger partial charge on any atom is -0.396 e.